The topological polar surface area (TPSA) is 58.2 Å². The fourth-order valence-corrected chi connectivity index (χ4v) is 4.50. The lowest BCUT2D eigenvalue weighted by Gasteiger charge is -2.43. The van der Waals surface area contributed by atoms with E-state index in [1.807, 2.05) is 4.90 Å². The molecule has 0 bridgehead atoms. The molecule has 0 atom stereocenters. The third-order valence-electron chi connectivity index (χ3n) is 4.47. The van der Waals surface area contributed by atoms with Crippen LogP contribution in [0.25, 0.3) is 0 Å². The number of H-pyrrole nitrogens is 1. The number of nitrogens with one attached hydrogen (secondary N) is 1. The molecule has 2 aliphatic rings. The molecule has 0 saturated carbocycles. The highest BCUT2D eigenvalue weighted by molar-refractivity contribution is 7.10. The van der Waals surface area contributed by atoms with E-state index >= 15 is 0 Å². The van der Waals surface area contributed by atoms with E-state index in [1.54, 1.807) is 23.7 Å². The van der Waals surface area contributed by atoms with Gasteiger partial charge in [-0.25, -0.2) is 4.98 Å². The Morgan fingerprint density at radius 2 is 2.29 bits per heavy atom. The van der Waals surface area contributed by atoms with Crippen molar-refractivity contribution in [3.63, 3.8) is 0 Å². The number of aromatic amines is 1. The van der Waals surface area contributed by atoms with Crippen LogP contribution in [-0.2, 0) is 16.8 Å². The number of imidazole rings is 1. The van der Waals surface area contributed by atoms with Gasteiger partial charge in [0.15, 0.2) is 5.82 Å². The Balaban J connectivity index is 1.52. The summed E-state index contributed by atoms with van der Waals surface area (Å²) in [6.45, 7) is 2.23. The molecule has 1 N–H and O–H groups in total. The van der Waals surface area contributed by atoms with E-state index in [0.717, 1.165) is 39.0 Å². The third-order valence-corrected chi connectivity index (χ3v) is 5.61. The fourth-order valence-electron chi connectivity index (χ4n) is 3.33. The summed E-state index contributed by atoms with van der Waals surface area (Å²) in [5.74, 6) is 0.407. The van der Waals surface area contributed by atoms with E-state index in [4.69, 9.17) is 4.74 Å². The Morgan fingerprint density at radius 1 is 1.43 bits per heavy atom. The predicted molar refractivity (Wildman–Crippen MR) is 79.4 cm³/mol. The summed E-state index contributed by atoms with van der Waals surface area (Å²) in [4.78, 5) is 22.5. The highest BCUT2D eigenvalue weighted by Crippen LogP contribution is 2.44. The van der Waals surface area contributed by atoms with Gasteiger partial charge in [0, 0.05) is 30.4 Å². The summed E-state index contributed by atoms with van der Waals surface area (Å²) >= 11 is 1.79. The number of aromatic nitrogens is 2. The molecule has 0 radical (unpaired) electrons. The number of carbonyl (C=O) groups is 1. The molecule has 1 fully saturated rings. The minimum atomic E-state index is -0.165. The highest BCUT2D eigenvalue weighted by atomic mass is 32.1. The molecule has 21 heavy (non-hydrogen) atoms. The van der Waals surface area contributed by atoms with Crippen molar-refractivity contribution < 1.29 is 9.53 Å². The average molecular weight is 303 g/mol. The van der Waals surface area contributed by atoms with Crippen LogP contribution in [0.1, 0.15) is 33.9 Å². The van der Waals surface area contributed by atoms with E-state index in [0.29, 0.717) is 5.82 Å². The van der Waals surface area contributed by atoms with Gasteiger partial charge in [-0.2, -0.15) is 0 Å². The average Bonchev–Trinajstić information content (AvgIpc) is 3.19. The Hall–Kier alpha value is -1.66. The number of carbonyl (C=O) groups excluding carboxylic acids is 1. The van der Waals surface area contributed by atoms with Gasteiger partial charge in [-0.05, 0) is 36.3 Å². The van der Waals surface area contributed by atoms with Crippen molar-refractivity contribution >= 4 is 17.2 Å². The van der Waals surface area contributed by atoms with Crippen LogP contribution in [0.15, 0.2) is 23.8 Å². The molecule has 5 nitrogen and oxygen atoms in total. The molecule has 4 heterocycles. The van der Waals surface area contributed by atoms with Crippen LogP contribution < -0.4 is 0 Å². The van der Waals surface area contributed by atoms with Crippen molar-refractivity contribution in [2.24, 2.45) is 0 Å². The van der Waals surface area contributed by atoms with Gasteiger partial charge in [-0.15, -0.1) is 11.3 Å². The first-order valence-corrected chi connectivity index (χ1v) is 8.16. The quantitative estimate of drug-likeness (QED) is 0.878. The van der Waals surface area contributed by atoms with Gasteiger partial charge >= 0.3 is 0 Å². The van der Waals surface area contributed by atoms with Crippen molar-refractivity contribution in [3.8, 4) is 0 Å². The zero-order chi connectivity index (χ0) is 14.3. The van der Waals surface area contributed by atoms with Crippen molar-refractivity contribution in [1.29, 1.82) is 0 Å². The maximum absolute atomic E-state index is 12.3. The molecule has 1 saturated heterocycles. The lowest BCUT2D eigenvalue weighted by Crippen LogP contribution is -2.48. The van der Waals surface area contributed by atoms with Crippen LogP contribution in [0.4, 0.5) is 0 Å². The molecule has 2 aromatic rings. The largest absolute Gasteiger partial charge is 0.369 e. The summed E-state index contributed by atoms with van der Waals surface area (Å²) in [5, 5.41) is 2.15. The highest BCUT2D eigenvalue weighted by Gasteiger charge is 2.42. The van der Waals surface area contributed by atoms with Gasteiger partial charge in [0.2, 0.25) is 0 Å². The number of piperidine rings is 1. The summed E-state index contributed by atoms with van der Waals surface area (Å²) in [7, 11) is 0. The van der Waals surface area contributed by atoms with Crippen LogP contribution in [-0.4, -0.2) is 40.5 Å². The van der Waals surface area contributed by atoms with Crippen LogP contribution in [0.2, 0.25) is 0 Å². The number of thiophene rings is 1. The van der Waals surface area contributed by atoms with E-state index < -0.39 is 0 Å². The van der Waals surface area contributed by atoms with Crippen molar-refractivity contribution in [2.75, 3.05) is 19.7 Å². The number of hydrogen-bond donors (Lipinski definition) is 1. The molecule has 2 aliphatic heterocycles. The van der Waals surface area contributed by atoms with Crippen LogP contribution in [0.3, 0.4) is 0 Å². The zero-order valence-electron chi connectivity index (χ0n) is 11.7. The molecule has 1 spiro atoms. The predicted octanol–water partition coefficient (Wildman–Crippen LogP) is 2.18. The van der Waals surface area contributed by atoms with Crippen molar-refractivity contribution in [2.45, 2.75) is 24.9 Å². The number of ether oxygens (including phenoxy) is 1. The summed E-state index contributed by atoms with van der Waals surface area (Å²) < 4.78 is 6.16. The SMILES string of the molecule is O=C(c1ncc[nH]1)N1CCC2(CC1)OCCc1ccsc12. The van der Waals surface area contributed by atoms with Gasteiger partial charge in [0.05, 0.1) is 6.61 Å². The fraction of sp³-hybridized carbons (Fsp3) is 0.467. The lowest BCUT2D eigenvalue weighted by atomic mass is 9.85. The number of amides is 1. The van der Waals surface area contributed by atoms with Crippen LogP contribution in [0.5, 0.6) is 0 Å². The Morgan fingerprint density at radius 3 is 3.05 bits per heavy atom. The third kappa shape index (κ3) is 2.10. The smallest absolute Gasteiger partial charge is 0.289 e. The van der Waals surface area contributed by atoms with Gasteiger partial charge in [0.1, 0.15) is 5.60 Å². The second-order valence-electron chi connectivity index (χ2n) is 5.60. The zero-order valence-corrected chi connectivity index (χ0v) is 12.5. The second kappa shape index (κ2) is 4.96. The van der Waals surface area contributed by atoms with E-state index in [2.05, 4.69) is 21.4 Å². The van der Waals surface area contributed by atoms with E-state index in [-0.39, 0.29) is 11.5 Å². The standard InChI is InChI=1S/C15H17N3O2S/c19-14(13-16-5-6-17-13)18-7-3-15(4-8-18)12-11(1-9-20-15)2-10-21-12/h2,5-6,10H,1,3-4,7-9H2,(H,16,17). The van der Waals surface area contributed by atoms with Gasteiger partial charge in [-0.1, -0.05) is 0 Å². The molecule has 1 amide bonds. The van der Waals surface area contributed by atoms with Crippen LogP contribution in [0, 0.1) is 0 Å². The second-order valence-corrected chi connectivity index (χ2v) is 6.51. The molecular weight excluding hydrogens is 286 g/mol. The number of nitrogens with zero attached hydrogens (tertiary/aromatic N) is 2. The Labute approximate surface area is 127 Å². The number of rotatable bonds is 1. The number of hydrogen-bond acceptors (Lipinski definition) is 4. The van der Waals surface area contributed by atoms with Gasteiger partial charge in [0.25, 0.3) is 5.91 Å². The molecule has 110 valence electrons. The van der Waals surface area contributed by atoms with Crippen molar-refractivity contribution in [3.05, 3.63) is 40.1 Å². The molecule has 0 unspecified atom stereocenters. The summed E-state index contributed by atoms with van der Waals surface area (Å²) in [6, 6.07) is 2.21. The van der Waals surface area contributed by atoms with E-state index in [9.17, 15) is 4.79 Å². The maximum Gasteiger partial charge on any atom is 0.289 e. The van der Waals surface area contributed by atoms with Crippen molar-refractivity contribution in [1.82, 2.24) is 14.9 Å². The van der Waals surface area contributed by atoms with Gasteiger partial charge in [-0.3, -0.25) is 4.79 Å². The minimum Gasteiger partial charge on any atom is -0.369 e. The first kappa shape index (κ1) is 13.0. The molecular formula is C15H17N3O2S. The lowest BCUT2D eigenvalue weighted by molar-refractivity contribution is -0.0907. The summed E-state index contributed by atoms with van der Waals surface area (Å²) in [5.41, 5.74) is 1.26. The maximum atomic E-state index is 12.3. The monoisotopic (exact) mass is 303 g/mol. The van der Waals surface area contributed by atoms with Crippen LogP contribution >= 0.6 is 11.3 Å². The molecule has 4 rings (SSSR count). The first-order chi connectivity index (χ1) is 10.3. The molecule has 6 heteroatoms. The first-order valence-electron chi connectivity index (χ1n) is 7.28. The number of likely N-dealkylation sites (tertiary alicyclic amines) is 1. The van der Waals surface area contributed by atoms with E-state index in [1.165, 1.54) is 10.4 Å². The minimum absolute atomic E-state index is 0.0166. The molecule has 0 aromatic carbocycles. The summed E-state index contributed by atoms with van der Waals surface area (Å²) in [6.07, 6.45) is 6.04. The van der Waals surface area contributed by atoms with Gasteiger partial charge < -0.3 is 14.6 Å². The number of fused-ring (bicyclic) bond motifs is 2. The molecule has 0 aliphatic carbocycles. The normalized spacial score (nSPS) is 20.5. The Kier molecular flexibility index (Phi) is 3.08. The Bertz CT molecular complexity index is 642. The molecule has 2 aromatic heterocycles.